The molecule has 0 spiro atoms. The van der Waals surface area contributed by atoms with Crippen molar-refractivity contribution in [2.45, 2.75) is 13.8 Å². The second-order valence-corrected chi connectivity index (χ2v) is 5.63. The average Bonchev–Trinajstić information content (AvgIpc) is 2.60. The summed E-state index contributed by atoms with van der Waals surface area (Å²) in [5.41, 5.74) is -0.867. The zero-order chi connectivity index (χ0) is 19.6. The second-order valence-electron chi connectivity index (χ2n) is 5.26. The first kappa shape index (κ1) is 19.3. The monoisotopic (exact) mass is 378 g/mol. The minimum atomic E-state index is -0.694. The Bertz CT molecular complexity index is 808. The minimum Gasteiger partial charge on any atom is -0.870 e. The highest BCUT2D eigenvalue weighted by Gasteiger charge is 2.37. The highest BCUT2D eigenvalue weighted by molar-refractivity contribution is 7.80. The number of carbonyl (C=O) groups excluding carboxylic acids is 2. The molecule has 26 heavy (non-hydrogen) atoms. The Morgan fingerprint density at radius 2 is 1.73 bits per heavy atom. The van der Waals surface area contributed by atoms with Crippen molar-refractivity contribution in [1.82, 2.24) is 9.80 Å². The molecule has 10 heteroatoms. The fourth-order valence-electron chi connectivity index (χ4n) is 2.51. The number of hydrogen-bond donors (Lipinski definition) is 0. The highest BCUT2D eigenvalue weighted by Crippen LogP contribution is 2.34. The van der Waals surface area contributed by atoms with E-state index in [0.717, 1.165) is 18.2 Å². The summed E-state index contributed by atoms with van der Waals surface area (Å²) in [5.74, 6) is -2.23. The molecule has 9 nitrogen and oxygen atoms in total. The van der Waals surface area contributed by atoms with Gasteiger partial charge in [0.25, 0.3) is 17.5 Å². The SMILES string of the molecule is CCN1C(=O)C(=Cc2cc([N+](=O)[O-])cc(OC)c2[O-])C(=O)N(CC)C1=S. The van der Waals surface area contributed by atoms with Crippen molar-refractivity contribution in [1.29, 1.82) is 0 Å². The smallest absolute Gasteiger partial charge is 0.273 e. The van der Waals surface area contributed by atoms with Crippen molar-refractivity contribution in [2.24, 2.45) is 0 Å². The molecule has 0 bridgehead atoms. The molecule has 0 aliphatic carbocycles. The molecule has 1 aliphatic heterocycles. The third-order valence-electron chi connectivity index (χ3n) is 3.84. The number of likely N-dealkylation sites (N-methyl/N-ethyl adjacent to an activating group) is 2. The summed E-state index contributed by atoms with van der Waals surface area (Å²) in [5, 5.41) is 23.5. The van der Waals surface area contributed by atoms with Gasteiger partial charge in [0.15, 0.2) is 5.11 Å². The van der Waals surface area contributed by atoms with Gasteiger partial charge in [-0.25, -0.2) is 0 Å². The van der Waals surface area contributed by atoms with Gasteiger partial charge in [-0.3, -0.25) is 29.5 Å². The fraction of sp³-hybridized carbons (Fsp3) is 0.312. The number of benzene rings is 1. The Morgan fingerprint density at radius 3 is 2.15 bits per heavy atom. The number of rotatable bonds is 5. The number of carbonyl (C=O) groups is 2. The third-order valence-corrected chi connectivity index (χ3v) is 4.29. The van der Waals surface area contributed by atoms with Crippen LogP contribution in [0.15, 0.2) is 17.7 Å². The van der Waals surface area contributed by atoms with Crippen molar-refractivity contribution in [2.75, 3.05) is 20.2 Å². The largest absolute Gasteiger partial charge is 0.870 e. The lowest BCUT2D eigenvalue weighted by Gasteiger charge is -2.35. The Hall–Kier alpha value is -3.01. The summed E-state index contributed by atoms with van der Waals surface area (Å²) in [7, 11) is 1.20. The van der Waals surface area contributed by atoms with Gasteiger partial charge in [-0.2, -0.15) is 0 Å². The zero-order valence-corrected chi connectivity index (χ0v) is 15.2. The van der Waals surface area contributed by atoms with Crippen LogP contribution in [0.2, 0.25) is 0 Å². The molecule has 1 fully saturated rings. The van der Waals surface area contributed by atoms with Crippen LogP contribution in [-0.4, -0.2) is 51.8 Å². The summed E-state index contributed by atoms with van der Waals surface area (Å²) in [4.78, 5) is 38.0. The number of nitrogens with zero attached hydrogens (tertiary/aromatic N) is 3. The number of non-ortho nitro benzene ring substituents is 1. The summed E-state index contributed by atoms with van der Waals surface area (Å²) < 4.78 is 4.86. The molecule has 0 aromatic heterocycles. The van der Waals surface area contributed by atoms with Crippen molar-refractivity contribution in [3.63, 3.8) is 0 Å². The Labute approximate surface area is 154 Å². The van der Waals surface area contributed by atoms with E-state index in [1.54, 1.807) is 13.8 Å². The molecular formula is C16H16N3O6S-. The maximum Gasteiger partial charge on any atom is 0.273 e. The van der Waals surface area contributed by atoms with E-state index in [4.69, 9.17) is 17.0 Å². The standard InChI is InChI=1S/C16H17N3O6S/c1-4-17-14(21)11(15(22)18(5-2)16(17)26)7-9-6-10(19(23)24)8-12(25-3)13(9)20/h6-8,20H,4-5H2,1-3H3/p-1. The van der Waals surface area contributed by atoms with Gasteiger partial charge < -0.3 is 9.84 Å². The number of methoxy groups -OCH3 is 1. The van der Waals surface area contributed by atoms with Gasteiger partial charge in [-0.05, 0) is 37.7 Å². The van der Waals surface area contributed by atoms with Gasteiger partial charge in [0.05, 0.1) is 18.1 Å². The first-order chi connectivity index (χ1) is 12.3. The van der Waals surface area contributed by atoms with E-state index >= 15 is 0 Å². The van der Waals surface area contributed by atoms with Gasteiger partial charge >= 0.3 is 0 Å². The number of thiocarbonyl (C=S) groups is 1. The first-order valence-corrected chi connectivity index (χ1v) is 8.10. The van der Waals surface area contributed by atoms with Gasteiger partial charge in [0.2, 0.25) is 0 Å². The zero-order valence-electron chi connectivity index (χ0n) is 14.3. The summed E-state index contributed by atoms with van der Waals surface area (Å²) in [6.45, 7) is 3.87. The van der Waals surface area contributed by atoms with Crippen LogP contribution in [0.3, 0.4) is 0 Å². The molecule has 0 unspecified atom stereocenters. The number of ether oxygens (including phenoxy) is 1. The molecule has 0 N–H and O–H groups in total. The summed E-state index contributed by atoms with van der Waals surface area (Å²) >= 11 is 5.15. The van der Waals surface area contributed by atoms with Crippen molar-refractivity contribution < 1.29 is 24.4 Å². The number of amides is 2. The van der Waals surface area contributed by atoms with Gasteiger partial charge in [-0.15, -0.1) is 0 Å². The van der Waals surface area contributed by atoms with E-state index in [1.807, 2.05) is 0 Å². The number of nitro benzene ring substituents is 1. The van der Waals surface area contributed by atoms with E-state index < -0.39 is 22.5 Å². The molecule has 1 aromatic rings. The molecular weight excluding hydrogens is 362 g/mol. The maximum atomic E-state index is 12.6. The van der Waals surface area contributed by atoms with Crippen LogP contribution < -0.4 is 9.84 Å². The van der Waals surface area contributed by atoms with E-state index in [-0.39, 0.29) is 40.8 Å². The molecule has 0 saturated carbocycles. The van der Waals surface area contributed by atoms with Crippen LogP contribution in [0.1, 0.15) is 19.4 Å². The van der Waals surface area contributed by atoms with E-state index in [0.29, 0.717) is 0 Å². The predicted octanol–water partition coefficient (Wildman–Crippen LogP) is 1.06. The minimum absolute atomic E-state index is 0.0844. The van der Waals surface area contributed by atoms with E-state index in [1.165, 1.54) is 16.9 Å². The molecule has 1 aromatic carbocycles. The van der Waals surface area contributed by atoms with Gasteiger partial charge in [0, 0.05) is 19.2 Å². The molecule has 1 saturated heterocycles. The van der Waals surface area contributed by atoms with Crippen molar-refractivity contribution in [3.8, 4) is 11.5 Å². The Balaban J connectivity index is 2.65. The molecule has 1 aliphatic rings. The van der Waals surface area contributed by atoms with Crippen molar-refractivity contribution >= 4 is 40.9 Å². The van der Waals surface area contributed by atoms with Crippen LogP contribution in [0, 0.1) is 10.1 Å². The van der Waals surface area contributed by atoms with Crippen molar-refractivity contribution in [3.05, 3.63) is 33.4 Å². The van der Waals surface area contributed by atoms with E-state index in [2.05, 4.69) is 0 Å². The van der Waals surface area contributed by atoms with Crippen LogP contribution in [0.5, 0.6) is 11.5 Å². The maximum absolute atomic E-state index is 12.6. The normalized spacial score (nSPS) is 14.7. The lowest BCUT2D eigenvalue weighted by Crippen LogP contribution is -2.55. The topological polar surface area (TPSA) is 116 Å². The second kappa shape index (κ2) is 7.48. The van der Waals surface area contributed by atoms with Crippen LogP contribution in [0.4, 0.5) is 5.69 Å². The Kier molecular flexibility index (Phi) is 5.56. The van der Waals surface area contributed by atoms with Crippen LogP contribution in [0.25, 0.3) is 6.08 Å². The lowest BCUT2D eigenvalue weighted by molar-refractivity contribution is -0.385. The van der Waals surface area contributed by atoms with Gasteiger partial charge in [0.1, 0.15) is 11.3 Å². The molecule has 2 amide bonds. The first-order valence-electron chi connectivity index (χ1n) is 7.69. The molecule has 1 heterocycles. The highest BCUT2D eigenvalue weighted by atomic mass is 32.1. The Morgan fingerprint density at radius 1 is 1.19 bits per heavy atom. The van der Waals surface area contributed by atoms with Gasteiger partial charge in [-0.1, -0.05) is 5.75 Å². The quantitative estimate of drug-likeness (QED) is 0.247. The number of hydrogen-bond acceptors (Lipinski definition) is 7. The number of nitro groups is 1. The van der Waals surface area contributed by atoms with Crippen LogP contribution >= 0.6 is 12.2 Å². The average molecular weight is 378 g/mol. The molecule has 0 atom stereocenters. The third kappa shape index (κ3) is 3.23. The molecule has 138 valence electrons. The fourth-order valence-corrected chi connectivity index (χ4v) is 2.94. The lowest BCUT2D eigenvalue weighted by atomic mass is 10.0. The van der Waals surface area contributed by atoms with E-state index in [9.17, 15) is 24.8 Å². The molecule has 2 rings (SSSR count). The molecule has 0 radical (unpaired) electrons. The summed E-state index contributed by atoms with van der Waals surface area (Å²) in [6.07, 6.45) is 1.05. The summed E-state index contributed by atoms with van der Waals surface area (Å²) in [6, 6.07) is 1.98. The predicted molar refractivity (Wildman–Crippen MR) is 94.4 cm³/mol. The van der Waals surface area contributed by atoms with Crippen LogP contribution in [-0.2, 0) is 9.59 Å².